The van der Waals surface area contributed by atoms with Crippen molar-refractivity contribution < 1.29 is 24.0 Å². The fourth-order valence-electron chi connectivity index (χ4n) is 3.98. The van der Waals surface area contributed by atoms with Gasteiger partial charge in [-0.05, 0) is 40.5 Å². The van der Waals surface area contributed by atoms with Crippen LogP contribution in [0.3, 0.4) is 0 Å². The maximum Gasteiger partial charge on any atom is 0.270 e. The number of carbonyl (C=O) groups excluding carboxylic acids is 2. The Kier molecular flexibility index (Phi) is 6.36. The second-order valence-electron chi connectivity index (χ2n) is 7.63. The molecule has 170 valence electrons. The average Bonchev–Trinajstić information content (AvgIpc) is 2.86. The molecule has 7 nitrogen and oxygen atoms in total. The lowest BCUT2D eigenvalue weighted by Crippen LogP contribution is -2.21. The molecule has 0 amide bonds. The first kappa shape index (κ1) is 22.7. The summed E-state index contributed by atoms with van der Waals surface area (Å²) >= 11 is 0. The van der Waals surface area contributed by atoms with E-state index >= 15 is 0 Å². The van der Waals surface area contributed by atoms with Crippen LogP contribution in [-0.2, 0) is 16.0 Å². The lowest BCUT2D eigenvalue weighted by Gasteiger charge is -2.21. The lowest BCUT2D eigenvalue weighted by atomic mass is 9.79. The second kappa shape index (κ2) is 9.54. The summed E-state index contributed by atoms with van der Waals surface area (Å²) in [5.74, 6) is 0.259. The summed E-state index contributed by atoms with van der Waals surface area (Å²) in [5, 5.41) is 11.4. The van der Waals surface area contributed by atoms with Crippen molar-refractivity contribution in [1.82, 2.24) is 0 Å². The fourth-order valence-corrected chi connectivity index (χ4v) is 3.98. The number of ketones is 2. The van der Waals surface area contributed by atoms with Crippen LogP contribution in [-0.4, -0.2) is 30.7 Å². The van der Waals surface area contributed by atoms with Crippen molar-refractivity contribution in [3.63, 3.8) is 0 Å². The number of nitro groups is 1. The predicted molar refractivity (Wildman–Crippen MR) is 128 cm³/mol. The molecule has 1 aliphatic rings. The van der Waals surface area contributed by atoms with E-state index in [0.29, 0.717) is 39.3 Å². The van der Waals surface area contributed by atoms with E-state index in [0.717, 1.165) is 0 Å². The Bertz CT molecular complexity index is 1350. The van der Waals surface area contributed by atoms with E-state index in [-0.39, 0.29) is 23.5 Å². The van der Waals surface area contributed by atoms with Gasteiger partial charge < -0.3 is 9.47 Å². The molecule has 0 saturated heterocycles. The lowest BCUT2D eigenvalue weighted by molar-refractivity contribution is -0.384. The summed E-state index contributed by atoms with van der Waals surface area (Å²) in [5.41, 5.74) is 2.80. The minimum absolute atomic E-state index is 0.00503. The average molecular weight is 455 g/mol. The predicted octanol–water partition coefficient (Wildman–Crippen LogP) is 4.82. The molecule has 0 fully saturated rings. The molecule has 3 aromatic carbocycles. The summed E-state index contributed by atoms with van der Waals surface area (Å²) in [6.45, 7) is 0. The molecule has 34 heavy (non-hydrogen) atoms. The zero-order chi connectivity index (χ0) is 24.2. The van der Waals surface area contributed by atoms with Crippen molar-refractivity contribution in [3.05, 3.63) is 111 Å². The van der Waals surface area contributed by atoms with E-state index < -0.39 is 10.7 Å². The normalized spacial score (nSPS) is 13.1. The van der Waals surface area contributed by atoms with E-state index in [2.05, 4.69) is 0 Å². The number of Topliss-reactive ketones (excluding diaryl/α,β-unsaturated/α-hetero) is 1. The van der Waals surface area contributed by atoms with Crippen molar-refractivity contribution in [2.45, 2.75) is 6.42 Å². The van der Waals surface area contributed by atoms with Crippen molar-refractivity contribution in [2.75, 3.05) is 14.2 Å². The van der Waals surface area contributed by atoms with Gasteiger partial charge in [0.1, 0.15) is 0 Å². The summed E-state index contributed by atoms with van der Waals surface area (Å²) in [4.78, 5) is 37.3. The molecule has 7 heteroatoms. The maximum atomic E-state index is 13.3. The standard InChI is InChI=1S/C27H21NO6/c1-33-24-13-9-17(14-25(24)34-2)8-12-22(29)27-23(30)15-19-10-11-20(28(31)32)16-21(19)26(27)18-6-4-3-5-7-18/h3-14,16H,15H2,1-2H3. The number of hydrogen-bond donors (Lipinski definition) is 0. The van der Waals surface area contributed by atoms with E-state index in [4.69, 9.17) is 9.47 Å². The van der Waals surface area contributed by atoms with Gasteiger partial charge in [-0.15, -0.1) is 0 Å². The van der Waals surface area contributed by atoms with Crippen molar-refractivity contribution in [2.24, 2.45) is 0 Å². The quantitative estimate of drug-likeness (QED) is 0.219. The first-order valence-corrected chi connectivity index (χ1v) is 10.5. The van der Waals surface area contributed by atoms with Gasteiger partial charge in [-0.2, -0.15) is 0 Å². The largest absolute Gasteiger partial charge is 0.493 e. The maximum absolute atomic E-state index is 13.3. The Balaban J connectivity index is 1.83. The first-order valence-electron chi connectivity index (χ1n) is 10.5. The number of nitrogens with zero attached hydrogens (tertiary/aromatic N) is 1. The van der Waals surface area contributed by atoms with E-state index in [1.165, 1.54) is 32.4 Å². The monoisotopic (exact) mass is 455 g/mol. The van der Waals surface area contributed by atoms with Gasteiger partial charge in [0.25, 0.3) is 5.69 Å². The number of hydrogen-bond acceptors (Lipinski definition) is 6. The summed E-state index contributed by atoms with van der Waals surface area (Å²) in [6, 6.07) is 18.5. The van der Waals surface area contributed by atoms with E-state index in [1.807, 2.05) is 6.07 Å². The molecule has 0 bridgehead atoms. The molecule has 0 aromatic heterocycles. The number of nitro benzene ring substituents is 1. The molecule has 0 radical (unpaired) electrons. The van der Waals surface area contributed by atoms with Gasteiger partial charge in [0, 0.05) is 24.1 Å². The number of allylic oxidation sites excluding steroid dienone is 2. The third-order valence-corrected chi connectivity index (χ3v) is 5.60. The molecule has 4 rings (SSSR count). The van der Waals surface area contributed by atoms with E-state index in [1.54, 1.807) is 54.6 Å². The van der Waals surface area contributed by atoms with Crippen LogP contribution in [0.4, 0.5) is 5.69 Å². The highest BCUT2D eigenvalue weighted by Crippen LogP contribution is 2.37. The molecule has 0 aliphatic heterocycles. The third kappa shape index (κ3) is 4.36. The van der Waals surface area contributed by atoms with Gasteiger partial charge in [-0.25, -0.2) is 0 Å². The highest BCUT2D eigenvalue weighted by Gasteiger charge is 2.31. The highest BCUT2D eigenvalue weighted by molar-refractivity contribution is 6.32. The molecule has 0 heterocycles. The van der Waals surface area contributed by atoms with Crippen LogP contribution in [0.15, 0.2) is 78.4 Å². The number of ether oxygens (including phenoxy) is 2. The van der Waals surface area contributed by atoms with E-state index in [9.17, 15) is 19.7 Å². The highest BCUT2D eigenvalue weighted by atomic mass is 16.6. The molecule has 0 N–H and O–H groups in total. The Hall–Kier alpha value is -4.52. The van der Waals surface area contributed by atoms with Crippen LogP contribution in [0.5, 0.6) is 11.5 Å². The number of benzene rings is 3. The topological polar surface area (TPSA) is 95.7 Å². The summed E-state index contributed by atoms with van der Waals surface area (Å²) < 4.78 is 10.5. The van der Waals surface area contributed by atoms with Gasteiger partial charge in [0.2, 0.25) is 0 Å². The fraction of sp³-hybridized carbons (Fsp3) is 0.111. The Morgan fingerprint density at radius 2 is 1.71 bits per heavy atom. The third-order valence-electron chi connectivity index (χ3n) is 5.60. The first-order chi connectivity index (χ1) is 16.4. The van der Waals surface area contributed by atoms with Crippen molar-refractivity contribution in [1.29, 1.82) is 0 Å². The molecule has 0 atom stereocenters. The molecule has 0 saturated carbocycles. The number of carbonyl (C=O) groups is 2. The van der Waals surface area contributed by atoms with Crippen LogP contribution in [0.2, 0.25) is 0 Å². The van der Waals surface area contributed by atoms with Gasteiger partial charge in [0.05, 0.1) is 24.7 Å². The minimum atomic E-state index is -0.488. The van der Waals surface area contributed by atoms with Crippen molar-refractivity contribution in [3.8, 4) is 11.5 Å². The SMILES string of the molecule is COc1ccc(C=CC(=O)C2=C(c3ccccc3)c3cc([N+](=O)[O-])ccc3CC2=O)cc1OC. The number of rotatable bonds is 7. The Morgan fingerprint density at radius 3 is 2.38 bits per heavy atom. The molecule has 0 spiro atoms. The van der Waals surface area contributed by atoms with Gasteiger partial charge in [-0.3, -0.25) is 19.7 Å². The zero-order valence-electron chi connectivity index (χ0n) is 18.6. The van der Waals surface area contributed by atoms with Crippen LogP contribution < -0.4 is 9.47 Å². The van der Waals surface area contributed by atoms with Gasteiger partial charge in [-0.1, -0.05) is 48.5 Å². The molecule has 0 unspecified atom stereocenters. The smallest absolute Gasteiger partial charge is 0.270 e. The van der Waals surface area contributed by atoms with Crippen LogP contribution in [0.1, 0.15) is 22.3 Å². The summed E-state index contributed by atoms with van der Waals surface area (Å²) in [7, 11) is 3.05. The van der Waals surface area contributed by atoms with Crippen LogP contribution in [0.25, 0.3) is 11.6 Å². The van der Waals surface area contributed by atoms with Gasteiger partial charge in [0.15, 0.2) is 23.1 Å². The molecular weight excluding hydrogens is 434 g/mol. The molecule has 3 aromatic rings. The molecule has 1 aliphatic carbocycles. The molecular formula is C27H21NO6. The number of fused-ring (bicyclic) bond motifs is 1. The minimum Gasteiger partial charge on any atom is -0.493 e. The van der Waals surface area contributed by atoms with Crippen LogP contribution in [0, 0.1) is 10.1 Å². The Morgan fingerprint density at radius 1 is 0.971 bits per heavy atom. The van der Waals surface area contributed by atoms with Crippen LogP contribution >= 0.6 is 0 Å². The summed E-state index contributed by atoms with van der Waals surface area (Å²) in [6.07, 6.45) is 2.92. The number of non-ortho nitro benzene ring substituents is 1. The number of methoxy groups -OCH3 is 2. The zero-order valence-corrected chi connectivity index (χ0v) is 18.6. The second-order valence-corrected chi connectivity index (χ2v) is 7.63. The Labute approximate surface area is 196 Å². The van der Waals surface area contributed by atoms with Gasteiger partial charge >= 0.3 is 0 Å². The van der Waals surface area contributed by atoms with Crippen molar-refractivity contribution >= 4 is 28.9 Å².